The highest BCUT2D eigenvalue weighted by molar-refractivity contribution is 5.43. The summed E-state index contributed by atoms with van der Waals surface area (Å²) in [6, 6.07) is 0. The molecule has 3 N–H and O–H groups in total. The molecule has 0 aliphatic carbocycles. The van der Waals surface area contributed by atoms with Crippen LogP contribution in [0.2, 0.25) is 0 Å². The van der Waals surface area contributed by atoms with Gasteiger partial charge in [0.1, 0.15) is 0 Å². The first-order valence-electron chi connectivity index (χ1n) is 6.22. The van der Waals surface area contributed by atoms with Gasteiger partial charge in [-0.2, -0.15) is 15.0 Å². The van der Waals surface area contributed by atoms with Gasteiger partial charge in [0.25, 0.3) is 0 Å². The lowest BCUT2D eigenvalue weighted by Gasteiger charge is -2.21. The van der Waals surface area contributed by atoms with Crippen LogP contribution in [0.5, 0.6) is 0 Å². The Morgan fingerprint density at radius 1 is 1.33 bits per heavy atom. The average Bonchev–Trinajstić information content (AvgIpc) is 2.80. The molecule has 0 saturated carbocycles. The van der Waals surface area contributed by atoms with Crippen molar-refractivity contribution >= 4 is 17.8 Å². The van der Waals surface area contributed by atoms with Gasteiger partial charge in [0.05, 0.1) is 6.10 Å². The molecule has 1 fully saturated rings. The summed E-state index contributed by atoms with van der Waals surface area (Å²) in [7, 11) is 1.83. The number of anilines is 3. The summed E-state index contributed by atoms with van der Waals surface area (Å²) in [6.07, 6.45) is 1.87. The van der Waals surface area contributed by atoms with Gasteiger partial charge in [-0.05, 0) is 19.8 Å². The molecule has 2 rings (SSSR count). The van der Waals surface area contributed by atoms with Crippen LogP contribution in [0.25, 0.3) is 0 Å². The zero-order valence-corrected chi connectivity index (χ0v) is 10.9. The molecule has 1 aromatic heterocycles. The Kier molecular flexibility index (Phi) is 3.81. The lowest BCUT2D eigenvalue weighted by atomic mass is 10.4. The Balaban J connectivity index is 2.20. The molecule has 1 atom stereocenters. The molecule has 100 valence electrons. The predicted octanol–water partition coefficient (Wildman–Crippen LogP) is -0.129. The van der Waals surface area contributed by atoms with Gasteiger partial charge in [0, 0.05) is 26.7 Å². The maximum absolute atomic E-state index is 9.38. The second-order valence-corrected chi connectivity index (χ2v) is 4.72. The Labute approximate surface area is 107 Å². The maximum Gasteiger partial charge on any atom is 0.231 e. The fourth-order valence-corrected chi connectivity index (χ4v) is 2.08. The summed E-state index contributed by atoms with van der Waals surface area (Å²) in [5.41, 5.74) is 5.72. The SMILES string of the molecule is CC(O)CN(C)c1nc(N)nc(N2CCCC2)n1. The van der Waals surface area contributed by atoms with Crippen LogP contribution in [0, 0.1) is 0 Å². The minimum atomic E-state index is -0.441. The zero-order chi connectivity index (χ0) is 13.1. The van der Waals surface area contributed by atoms with Gasteiger partial charge in [0.15, 0.2) is 0 Å². The normalized spacial score (nSPS) is 16.9. The molecule has 7 heteroatoms. The molecule has 0 spiro atoms. The first kappa shape index (κ1) is 12.8. The predicted molar refractivity (Wildman–Crippen MR) is 70.6 cm³/mol. The topological polar surface area (TPSA) is 91.4 Å². The van der Waals surface area contributed by atoms with Crippen LogP contribution in [0.15, 0.2) is 0 Å². The van der Waals surface area contributed by atoms with Crippen LogP contribution in [0.1, 0.15) is 19.8 Å². The summed E-state index contributed by atoms with van der Waals surface area (Å²) in [5, 5.41) is 9.38. The summed E-state index contributed by atoms with van der Waals surface area (Å²) >= 11 is 0. The number of aliphatic hydroxyl groups is 1. The maximum atomic E-state index is 9.38. The van der Waals surface area contributed by atoms with E-state index in [2.05, 4.69) is 19.9 Å². The van der Waals surface area contributed by atoms with Crippen LogP contribution >= 0.6 is 0 Å². The van der Waals surface area contributed by atoms with Crippen molar-refractivity contribution in [1.29, 1.82) is 0 Å². The van der Waals surface area contributed by atoms with Gasteiger partial charge in [-0.3, -0.25) is 0 Å². The molecular weight excluding hydrogens is 232 g/mol. The van der Waals surface area contributed by atoms with Crippen LogP contribution < -0.4 is 15.5 Å². The summed E-state index contributed by atoms with van der Waals surface area (Å²) < 4.78 is 0. The fourth-order valence-electron chi connectivity index (χ4n) is 2.08. The molecule has 18 heavy (non-hydrogen) atoms. The first-order valence-corrected chi connectivity index (χ1v) is 6.22. The van der Waals surface area contributed by atoms with Gasteiger partial charge in [-0.1, -0.05) is 0 Å². The summed E-state index contributed by atoms with van der Waals surface area (Å²) in [4.78, 5) is 16.6. The van der Waals surface area contributed by atoms with Crippen molar-refractivity contribution in [3.05, 3.63) is 0 Å². The van der Waals surface area contributed by atoms with Crippen molar-refractivity contribution < 1.29 is 5.11 Å². The van der Waals surface area contributed by atoms with Crippen molar-refractivity contribution in [3.8, 4) is 0 Å². The van der Waals surface area contributed by atoms with E-state index in [1.54, 1.807) is 11.8 Å². The van der Waals surface area contributed by atoms with Crippen LogP contribution in [-0.2, 0) is 0 Å². The molecule has 7 nitrogen and oxygen atoms in total. The van der Waals surface area contributed by atoms with Gasteiger partial charge in [-0.15, -0.1) is 0 Å². The largest absolute Gasteiger partial charge is 0.392 e. The Hall–Kier alpha value is -1.63. The number of nitrogens with zero attached hydrogens (tertiary/aromatic N) is 5. The van der Waals surface area contributed by atoms with Crippen LogP contribution in [0.3, 0.4) is 0 Å². The molecule has 1 aromatic rings. The first-order chi connectivity index (χ1) is 8.56. The number of aromatic nitrogens is 3. The van der Waals surface area contributed by atoms with E-state index in [1.807, 2.05) is 7.05 Å². The van der Waals surface area contributed by atoms with Crippen LogP contribution in [0.4, 0.5) is 17.8 Å². The summed E-state index contributed by atoms with van der Waals surface area (Å²) in [6.45, 7) is 4.11. The molecule has 1 aliphatic rings. The second kappa shape index (κ2) is 5.34. The molecule has 1 unspecified atom stereocenters. The quantitative estimate of drug-likeness (QED) is 0.771. The molecule has 0 amide bonds. The third-order valence-electron chi connectivity index (χ3n) is 2.90. The Morgan fingerprint density at radius 3 is 2.61 bits per heavy atom. The van der Waals surface area contributed by atoms with Crippen molar-refractivity contribution in [1.82, 2.24) is 15.0 Å². The number of nitrogen functional groups attached to an aromatic ring is 1. The van der Waals surface area contributed by atoms with E-state index in [9.17, 15) is 5.11 Å². The van der Waals surface area contributed by atoms with E-state index in [0.717, 1.165) is 25.9 Å². The third-order valence-corrected chi connectivity index (χ3v) is 2.90. The van der Waals surface area contributed by atoms with Gasteiger partial charge in [-0.25, -0.2) is 0 Å². The van der Waals surface area contributed by atoms with Gasteiger partial charge >= 0.3 is 0 Å². The molecule has 1 aliphatic heterocycles. The number of likely N-dealkylation sites (N-methyl/N-ethyl adjacent to an activating group) is 1. The zero-order valence-electron chi connectivity index (χ0n) is 10.9. The van der Waals surface area contributed by atoms with E-state index in [1.165, 1.54) is 0 Å². The smallest absolute Gasteiger partial charge is 0.231 e. The lowest BCUT2D eigenvalue weighted by Crippen LogP contribution is -2.30. The van der Waals surface area contributed by atoms with E-state index >= 15 is 0 Å². The molecule has 0 radical (unpaired) electrons. The number of aliphatic hydroxyl groups excluding tert-OH is 1. The highest BCUT2D eigenvalue weighted by Gasteiger charge is 2.18. The van der Waals surface area contributed by atoms with E-state index in [0.29, 0.717) is 18.4 Å². The molecular formula is C11H20N6O. The molecule has 2 heterocycles. The number of nitrogens with two attached hydrogens (primary N) is 1. The molecule has 1 saturated heterocycles. The second-order valence-electron chi connectivity index (χ2n) is 4.72. The van der Waals surface area contributed by atoms with Crippen molar-refractivity contribution in [2.45, 2.75) is 25.9 Å². The lowest BCUT2D eigenvalue weighted by molar-refractivity contribution is 0.201. The highest BCUT2D eigenvalue weighted by atomic mass is 16.3. The van der Waals surface area contributed by atoms with Crippen LogP contribution in [-0.4, -0.2) is 52.8 Å². The van der Waals surface area contributed by atoms with E-state index < -0.39 is 6.10 Å². The Bertz CT molecular complexity index is 405. The highest BCUT2D eigenvalue weighted by Crippen LogP contribution is 2.18. The number of hydrogen-bond acceptors (Lipinski definition) is 7. The third kappa shape index (κ3) is 2.98. The number of rotatable bonds is 4. The summed E-state index contributed by atoms with van der Waals surface area (Å²) in [5.74, 6) is 1.36. The minimum Gasteiger partial charge on any atom is -0.392 e. The Morgan fingerprint density at radius 2 is 2.00 bits per heavy atom. The molecule has 0 bridgehead atoms. The van der Waals surface area contributed by atoms with E-state index in [4.69, 9.17) is 5.73 Å². The van der Waals surface area contributed by atoms with Gasteiger partial charge in [0.2, 0.25) is 17.8 Å². The monoisotopic (exact) mass is 252 g/mol. The van der Waals surface area contributed by atoms with Crippen molar-refractivity contribution in [2.24, 2.45) is 0 Å². The standard InChI is InChI=1S/C11H20N6O/c1-8(18)7-16(2)10-13-9(12)14-11(15-10)17-5-3-4-6-17/h8,18H,3-7H2,1-2H3,(H2,12,13,14,15). The van der Waals surface area contributed by atoms with Gasteiger partial charge < -0.3 is 20.6 Å². The number of hydrogen-bond donors (Lipinski definition) is 2. The average molecular weight is 252 g/mol. The molecule has 0 aromatic carbocycles. The minimum absolute atomic E-state index is 0.222. The van der Waals surface area contributed by atoms with Crippen molar-refractivity contribution in [2.75, 3.05) is 42.2 Å². The van der Waals surface area contributed by atoms with E-state index in [-0.39, 0.29) is 5.95 Å². The fraction of sp³-hybridized carbons (Fsp3) is 0.727. The van der Waals surface area contributed by atoms with Crippen molar-refractivity contribution in [3.63, 3.8) is 0 Å².